The average Bonchev–Trinajstić information content (AvgIpc) is 3.56. The number of nitrogens with one attached hydrogen (secondary N) is 1. The number of aromatic nitrogens is 2. The van der Waals surface area contributed by atoms with Gasteiger partial charge in [0.2, 0.25) is 0 Å². The van der Waals surface area contributed by atoms with Gasteiger partial charge in [0, 0.05) is 12.7 Å². The number of Topliss-reactive ketones (excluding diaryl/α,β-unsaturated/α-hetero) is 2. The van der Waals surface area contributed by atoms with Crippen LogP contribution in [-0.2, 0) is 14.3 Å². The van der Waals surface area contributed by atoms with Crippen LogP contribution in [0.1, 0.15) is 47.3 Å². The van der Waals surface area contributed by atoms with Crippen molar-refractivity contribution in [1.29, 1.82) is 0 Å². The van der Waals surface area contributed by atoms with Gasteiger partial charge in [-0.25, -0.2) is 0 Å². The number of alkyl halides is 1. The number of ketones is 2. The lowest BCUT2D eigenvalue weighted by atomic mass is 9.76. The van der Waals surface area contributed by atoms with Gasteiger partial charge in [-0.2, -0.15) is 5.10 Å². The Labute approximate surface area is 207 Å². The van der Waals surface area contributed by atoms with Crippen LogP contribution < -0.4 is 5.32 Å². The van der Waals surface area contributed by atoms with E-state index in [4.69, 9.17) is 16.3 Å². The second kappa shape index (κ2) is 9.45. The van der Waals surface area contributed by atoms with Crippen LogP contribution in [0.25, 0.3) is 10.6 Å². The van der Waals surface area contributed by atoms with Crippen LogP contribution >= 0.6 is 22.9 Å². The number of carbonyl (C=O) groups excluding carboxylic acids is 3. The molecule has 4 heterocycles. The average molecular weight is 503 g/mol. The molecule has 2 aliphatic heterocycles. The molecule has 34 heavy (non-hydrogen) atoms. The predicted octanol–water partition coefficient (Wildman–Crippen LogP) is 2.77. The number of ether oxygens (including phenoxy) is 1. The van der Waals surface area contributed by atoms with Crippen molar-refractivity contribution in [1.82, 2.24) is 20.4 Å². The maximum atomic E-state index is 13.6. The third kappa shape index (κ3) is 4.08. The fourth-order valence-electron chi connectivity index (χ4n) is 5.54. The highest BCUT2D eigenvalue weighted by Crippen LogP contribution is 2.42. The largest absolute Gasteiger partial charge is 0.367 e. The van der Waals surface area contributed by atoms with E-state index in [1.54, 1.807) is 12.3 Å². The fraction of sp³-hybridized carbons (Fsp3) is 0.542. The Balaban J connectivity index is 1.31. The van der Waals surface area contributed by atoms with E-state index in [2.05, 4.69) is 15.5 Å². The normalized spacial score (nSPS) is 26.4. The number of hydrogen-bond donors (Lipinski definition) is 1. The van der Waals surface area contributed by atoms with Gasteiger partial charge in [0.1, 0.15) is 18.3 Å². The zero-order valence-electron chi connectivity index (χ0n) is 19.0. The fourth-order valence-corrected chi connectivity index (χ4v) is 6.87. The summed E-state index contributed by atoms with van der Waals surface area (Å²) in [6.45, 7) is 2.34. The molecule has 1 aliphatic carbocycles. The molecule has 8 nitrogen and oxygen atoms in total. The van der Waals surface area contributed by atoms with Crippen LogP contribution in [0.2, 0.25) is 0 Å². The lowest BCUT2D eigenvalue weighted by Crippen LogP contribution is -2.61. The second-order valence-corrected chi connectivity index (χ2v) is 10.9. The summed E-state index contributed by atoms with van der Waals surface area (Å²) in [7, 11) is 0. The highest BCUT2D eigenvalue weighted by Gasteiger charge is 2.58. The van der Waals surface area contributed by atoms with Gasteiger partial charge in [-0.3, -0.25) is 19.3 Å². The molecule has 0 bridgehead atoms. The number of nitrogens with zero attached hydrogens (tertiary/aromatic N) is 3. The Hall–Kier alpha value is -2.20. The topological polar surface area (TPSA) is 101 Å². The second-order valence-electron chi connectivity index (χ2n) is 9.28. The lowest BCUT2D eigenvalue weighted by molar-refractivity contribution is -0.136. The number of aryl methyl sites for hydroxylation is 1. The molecule has 2 saturated heterocycles. The first-order valence-electron chi connectivity index (χ1n) is 11.7. The monoisotopic (exact) mass is 502 g/mol. The van der Waals surface area contributed by atoms with Crippen molar-refractivity contribution in [2.75, 3.05) is 19.7 Å². The van der Waals surface area contributed by atoms with Gasteiger partial charge in [0.05, 0.1) is 33.3 Å². The zero-order chi connectivity index (χ0) is 23.9. The quantitative estimate of drug-likeness (QED) is 0.606. The molecule has 180 valence electrons. The number of carbonyl (C=O) groups is 3. The summed E-state index contributed by atoms with van der Waals surface area (Å²) in [5.41, 5.74) is 0.926. The van der Waals surface area contributed by atoms with Gasteiger partial charge in [-0.15, -0.1) is 28.0 Å². The maximum absolute atomic E-state index is 13.6. The third-order valence-corrected chi connectivity index (χ3v) is 8.74. The van der Waals surface area contributed by atoms with Crippen LogP contribution in [0.15, 0.2) is 24.4 Å². The van der Waals surface area contributed by atoms with Crippen molar-refractivity contribution >= 4 is 40.4 Å². The Bertz CT molecular complexity index is 1120. The van der Waals surface area contributed by atoms with Crippen LogP contribution in [-0.4, -0.2) is 75.3 Å². The minimum Gasteiger partial charge on any atom is -0.367 e. The SMILES string of the molecule is Cc1ccnnc1-c1ccc(C(=O)NCC(=O)C2(N3C[C@H](Cl)[C@H]4OCC(=O)[C@H]43)CCCCC2)s1. The van der Waals surface area contributed by atoms with Crippen molar-refractivity contribution in [3.63, 3.8) is 0 Å². The molecule has 0 unspecified atom stereocenters. The number of hydrogen-bond acceptors (Lipinski definition) is 8. The van der Waals surface area contributed by atoms with E-state index in [9.17, 15) is 14.4 Å². The lowest BCUT2D eigenvalue weighted by Gasteiger charge is -2.45. The molecule has 2 aromatic rings. The Morgan fingerprint density at radius 1 is 1.26 bits per heavy atom. The highest BCUT2D eigenvalue weighted by molar-refractivity contribution is 7.17. The Morgan fingerprint density at radius 2 is 2.06 bits per heavy atom. The summed E-state index contributed by atoms with van der Waals surface area (Å²) < 4.78 is 5.64. The van der Waals surface area contributed by atoms with Gasteiger partial charge >= 0.3 is 0 Å². The third-order valence-electron chi connectivity index (χ3n) is 7.27. The predicted molar refractivity (Wildman–Crippen MR) is 128 cm³/mol. The van der Waals surface area contributed by atoms with Gasteiger partial charge in [0.15, 0.2) is 11.6 Å². The summed E-state index contributed by atoms with van der Waals surface area (Å²) in [6, 6.07) is 4.98. The van der Waals surface area contributed by atoms with Crippen LogP contribution in [0.5, 0.6) is 0 Å². The summed E-state index contributed by atoms with van der Waals surface area (Å²) in [4.78, 5) is 42.5. The molecule has 2 aromatic heterocycles. The van der Waals surface area contributed by atoms with E-state index < -0.39 is 11.6 Å². The van der Waals surface area contributed by atoms with Gasteiger partial charge < -0.3 is 10.1 Å². The molecule has 3 atom stereocenters. The molecule has 0 radical (unpaired) electrons. The molecule has 1 amide bonds. The summed E-state index contributed by atoms with van der Waals surface area (Å²) in [5.74, 6) is -0.376. The van der Waals surface area contributed by atoms with Crippen molar-refractivity contribution in [2.24, 2.45) is 0 Å². The molecule has 1 saturated carbocycles. The van der Waals surface area contributed by atoms with Crippen molar-refractivity contribution in [2.45, 2.75) is 62.1 Å². The van der Waals surface area contributed by atoms with E-state index in [0.717, 1.165) is 35.4 Å². The first kappa shape index (κ1) is 23.5. The minimum absolute atomic E-state index is 0.0136. The van der Waals surface area contributed by atoms with Crippen molar-refractivity contribution < 1.29 is 19.1 Å². The van der Waals surface area contributed by atoms with Crippen molar-refractivity contribution in [3.05, 3.63) is 34.8 Å². The first-order valence-corrected chi connectivity index (χ1v) is 12.9. The number of amides is 1. The zero-order valence-corrected chi connectivity index (χ0v) is 20.5. The maximum Gasteiger partial charge on any atom is 0.261 e. The summed E-state index contributed by atoms with van der Waals surface area (Å²) in [6.07, 6.45) is 5.45. The molecule has 0 spiro atoms. The van der Waals surface area contributed by atoms with Crippen LogP contribution in [0, 0.1) is 6.92 Å². The van der Waals surface area contributed by atoms with E-state index in [0.29, 0.717) is 24.3 Å². The molecule has 5 rings (SSSR count). The van der Waals surface area contributed by atoms with Gasteiger partial charge in [0.25, 0.3) is 5.91 Å². The van der Waals surface area contributed by atoms with E-state index >= 15 is 0 Å². The number of thiophene rings is 1. The summed E-state index contributed by atoms with van der Waals surface area (Å²) in [5, 5.41) is 10.6. The number of rotatable bonds is 6. The van der Waals surface area contributed by atoms with E-state index in [1.165, 1.54) is 11.3 Å². The molecule has 0 aromatic carbocycles. The number of likely N-dealkylation sites (tertiary alicyclic amines) is 1. The highest BCUT2D eigenvalue weighted by atomic mass is 35.5. The molecule has 1 N–H and O–H groups in total. The number of halogens is 1. The molecule has 3 aliphatic rings. The molecule has 3 fully saturated rings. The van der Waals surface area contributed by atoms with Crippen molar-refractivity contribution in [3.8, 4) is 10.6 Å². The standard InChI is InChI=1S/C24H27ClN4O4S/c1-14-7-10-27-28-20(14)17-5-6-18(34-17)23(32)26-11-19(31)24(8-3-2-4-9-24)29-12-15(25)22-21(29)16(30)13-33-22/h5-7,10,15,21-22H,2-4,8-9,11-13H2,1H3,(H,26,32)/t15-,21+,22+/m0/s1. The van der Waals surface area contributed by atoms with Crippen LogP contribution in [0.3, 0.4) is 0 Å². The van der Waals surface area contributed by atoms with Crippen LogP contribution in [0.4, 0.5) is 0 Å². The Morgan fingerprint density at radius 3 is 2.82 bits per heavy atom. The van der Waals surface area contributed by atoms with Gasteiger partial charge in [-0.05, 0) is 43.5 Å². The van der Waals surface area contributed by atoms with E-state index in [-0.39, 0.29) is 42.1 Å². The molecular weight excluding hydrogens is 476 g/mol. The molecular formula is C24H27ClN4O4S. The number of fused-ring (bicyclic) bond motifs is 1. The first-order chi connectivity index (χ1) is 16.4. The minimum atomic E-state index is -0.793. The van der Waals surface area contributed by atoms with Gasteiger partial charge in [-0.1, -0.05) is 19.3 Å². The smallest absolute Gasteiger partial charge is 0.261 e. The molecule has 10 heteroatoms. The van der Waals surface area contributed by atoms with E-state index in [1.807, 2.05) is 24.0 Å². The Kier molecular flexibility index (Phi) is 6.54. The summed E-state index contributed by atoms with van der Waals surface area (Å²) >= 11 is 7.84.